The SMILES string of the molecule is O=S(=O)(Cl)C1(CCC2CCCCC2)CC1. The number of hydrogen-bond acceptors (Lipinski definition) is 2. The maximum absolute atomic E-state index is 11.4. The molecule has 0 unspecified atom stereocenters. The van der Waals surface area contributed by atoms with Gasteiger partial charge in [0.15, 0.2) is 0 Å². The molecule has 2 fully saturated rings. The molecule has 0 aliphatic heterocycles. The summed E-state index contributed by atoms with van der Waals surface area (Å²) in [6, 6.07) is 0. The van der Waals surface area contributed by atoms with Crippen LogP contribution in [0.25, 0.3) is 0 Å². The van der Waals surface area contributed by atoms with Gasteiger partial charge in [-0.15, -0.1) is 0 Å². The molecule has 15 heavy (non-hydrogen) atoms. The molecule has 2 rings (SSSR count). The van der Waals surface area contributed by atoms with E-state index in [0.29, 0.717) is 0 Å². The minimum absolute atomic E-state index is 0.522. The Morgan fingerprint density at radius 2 is 1.73 bits per heavy atom. The van der Waals surface area contributed by atoms with Crippen molar-refractivity contribution in [2.45, 2.75) is 62.5 Å². The highest BCUT2D eigenvalue weighted by molar-refractivity contribution is 8.15. The minimum Gasteiger partial charge on any atom is -0.212 e. The normalized spacial score (nSPS) is 26.5. The van der Waals surface area contributed by atoms with Gasteiger partial charge in [-0.05, 0) is 31.6 Å². The molecule has 0 atom stereocenters. The average molecular weight is 251 g/mol. The van der Waals surface area contributed by atoms with Crippen LogP contribution in [0.2, 0.25) is 0 Å². The van der Waals surface area contributed by atoms with Crippen molar-refractivity contribution in [3.63, 3.8) is 0 Å². The zero-order valence-electron chi connectivity index (χ0n) is 9.04. The molecule has 0 bridgehead atoms. The lowest BCUT2D eigenvalue weighted by atomic mass is 9.85. The van der Waals surface area contributed by atoms with Crippen molar-refractivity contribution in [1.29, 1.82) is 0 Å². The summed E-state index contributed by atoms with van der Waals surface area (Å²) in [5.41, 5.74) is 0. The van der Waals surface area contributed by atoms with Gasteiger partial charge >= 0.3 is 0 Å². The smallest absolute Gasteiger partial charge is 0.212 e. The first kappa shape index (κ1) is 11.7. The third-order valence-electron chi connectivity index (χ3n) is 4.06. The Balaban J connectivity index is 1.83. The molecular weight excluding hydrogens is 232 g/mol. The molecule has 2 aliphatic rings. The van der Waals surface area contributed by atoms with E-state index in [9.17, 15) is 8.42 Å². The highest BCUT2D eigenvalue weighted by atomic mass is 35.7. The molecule has 0 spiro atoms. The van der Waals surface area contributed by atoms with E-state index in [1.165, 1.54) is 32.1 Å². The molecule has 0 aromatic heterocycles. The molecule has 2 aliphatic carbocycles. The molecule has 2 saturated carbocycles. The van der Waals surface area contributed by atoms with Gasteiger partial charge in [0.2, 0.25) is 9.05 Å². The molecule has 0 heterocycles. The van der Waals surface area contributed by atoms with Crippen molar-refractivity contribution >= 4 is 19.7 Å². The van der Waals surface area contributed by atoms with Crippen molar-refractivity contribution in [1.82, 2.24) is 0 Å². The summed E-state index contributed by atoms with van der Waals surface area (Å²) in [4.78, 5) is 0. The van der Waals surface area contributed by atoms with E-state index in [1.54, 1.807) is 0 Å². The van der Waals surface area contributed by atoms with Gasteiger partial charge in [0.25, 0.3) is 0 Å². The summed E-state index contributed by atoms with van der Waals surface area (Å²) in [7, 11) is 2.16. The van der Waals surface area contributed by atoms with Gasteiger partial charge in [-0.3, -0.25) is 0 Å². The van der Waals surface area contributed by atoms with Crippen molar-refractivity contribution in [3.05, 3.63) is 0 Å². The first-order valence-electron chi connectivity index (χ1n) is 5.98. The van der Waals surface area contributed by atoms with Crippen LogP contribution in [0.15, 0.2) is 0 Å². The monoisotopic (exact) mass is 250 g/mol. The van der Waals surface area contributed by atoms with E-state index in [-0.39, 0.29) is 0 Å². The van der Waals surface area contributed by atoms with Gasteiger partial charge in [-0.1, -0.05) is 32.1 Å². The summed E-state index contributed by atoms with van der Waals surface area (Å²) < 4.78 is 22.2. The second kappa shape index (κ2) is 4.25. The standard InChI is InChI=1S/C11H19ClO2S/c12-15(13,14)11(8-9-11)7-6-10-4-2-1-3-5-10/h10H,1-9H2. The maximum Gasteiger partial charge on any atom is 0.238 e. The van der Waals surface area contributed by atoms with Gasteiger partial charge in [0, 0.05) is 10.7 Å². The lowest BCUT2D eigenvalue weighted by Crippen LogP contribution is -2.19. The van der Waals surface area contributed by atoms with Crippen molar-refractivity contribution in [2.24, 2.45) is 5.92 Å². The number of hydrogen-bond donors (Lipinski definition) is 0. The van der Waals surface area contributed by atoms with Crippen LogP contribution >= 0.6 is 10.7 Å². The first-order chi connectivity index (χ1) is 7.04. The fourth-order valence-electron chi connectivity index (χ4n) is 2.70. The fourth-order valence-corrected chi connectivity index (χ4v) is 4.34. The molecule has 0 aromatic carbocycles. The molecule has 88 valence electrons. The zero-order valence-corrected chi connectivity index (χ0v) is 10.6. The molecule has 4 heteroatoms. The zero-order chi connectivity index (χ0) is 10.9. The molecule has 0 saturated heterocycles. The van der Waals surface area contributed by atoms with Crippen molar-refractivity contribution < 1.29 is 8.42 Å². The number of rotatable bonds is 4. The maximum atomic E-state index is 11.4. The summed E-state index contributed by atoms with van der Waals surface area (Å²) in [6.07, 6.45) is 10.0. The van der Waals surface area contributed by atoms with E-state index < -0.39 is 13.8 Å². The molecule has 0 N–H and O–H groups in total. The fraction of sp³-hybridized carbons (Fsp3) is 1.00. The van der Waals surface area contributed by atoms with Gasteiger partial charge in [-0.25, -0.2) is 8.42 Å². The lowest BCUT2D eigenvalue weighted by molar-refractivity contribution is 0.328. The van der Waals surface area contributed by atoms with Crippen LogP contribution in [0, 0.1) is 5.92 Å². The van der Waals surface area contributed by atoms with Crippen LogP contribution in [0.1, 0.15) is 57.8 Å². The second-order valence-corrected chi connectivity index (χ2v) is 8.12. The summed E-state index contributed by atoms with van der Waals surface area (Å²) in [6.45, 7) is 0. The van der Waals surface area contributed by atoms with Crippen molar-refractivity contribution in [2.75, 3.05) is 0 Å². The third-order valence-corrected chi connectivity index (χ3v) is 6.69. The molecule has 0 amide bonds. The molecule has 0 aromatic rings. The highest BCUT2D eigenvalue weighted by Crippen LogP contribution is 2.50. The van der Waals surface area contributed by atoms with E-state index in [1.807, 2.05) is 0 Å². The van der Waals surface area contributed by atoms with Crippen LogP contribution in [-0.4, -0.2) is 13.2 Å². The first-order valence-corrected chi connectivity index (χ1v) is 8.29. The van der Waals surface area contributed by atoms with E-state index in [2.05, 4.69) is 0 Å². The average Bonchev–Trinajstić information content (AvgIpc) is 2.96. The summed E-state index contributed by atoms with van der Waals surface area (Å²) >= 11 is 0. The Labute approximate surface area is 96.8 Å². The van der Waals surface area contributed by atoms with Gasteiger partial charge in [0.1, 0.15) is 0 Å². The third kappa shape index (κ3) is 2.68. The molecule has 2 nitrogen and oxygen atoms in total. The summed E-state index contributed by atoms with van der Waals surface area (Å²) in [5.74, 6) is 0.759. The van der Waals surface area contributed by atoms with Crippen LogP contribution < -0.4 is 0 Å². The Morgan fingerprint density at radius 3 is 2.20 bits per heavy atom. The van der Waals surface area contributed by atoms with Gasteiger partial charge < -0.3 is 0 Å². The Bertz CT molecular complexity index is 313. The van der Waals surface area contributed by atoms with E-state index in [4.69, 9.17) is 10.7 Å². The van der Waals surface area contributed by atoms with E-state index >= 15 is 0 Å². The molecule has 0 radical (unpaired) electrons. The Hall–Kier alpha value is 0.240. The number of halogens is 1. The van der Waals surface area contributed by atoms with Crippen LogP contribution in [0.3, 0.4) is 0 Å². The van der Waals surface area contributed by atoms with Gasteiger partial charge in [0.05, 0.1) is 4.75 Å². The predicted octanol–water partition coefficient (Wildman–Crippen LogP) is 3.45. The molecular formula is C11H19ClO2S. The lowest BCUT2D eigenvalue weighted by Gasteiger charge is -2.23. The topological polar surface area (TPSA) is 34.1 Å². The Kier molecular flexibility index (Phi) is 3.32. The highest BCUT2D eigenvalue weighted by Gasteiger charge is 2.53. The van der Waals surface area contributed by atoms with Crippen molar-refractivity contribution in [3.8, 4) is 0 Å². The Morgan fingerprint density at radius 1 is 1.13 bits per heavy atom. The largest absolute Gasteiger partial charge is 0.238 e. The summed E-state index contributed by atoms with van der Waals surface area (Å²) in [5, 5.41) is 0. The van der Waals surface area contributed by atoms with Gasteiger partial charge in [-0.2, -0.15) is 0 Å². The van der Waals surface area contributed by atoms with Crippen LogP contribution in [0.4, 0.5) is 0 Å². The van der Waals surface area contributed by atoms with E-state index in [0.717, 1.165) is 31.6 Å². The predicted molar refractivity (Wildman–Crippen MR) is 62.5 cm³/mol. The van der Waals surface area contributed by atoms with Crippen LogP contribution in [-0.2, 0) is 9.05 Å². The second-order valence-electron chi connectivity index (χ2n) is 5.16. The quantitative estimate of drug-likeness (QED) is 0.717. The minimum atomic E-state index is -3.32. The van der Waals surface area contributed by atoms with Crippen LogP contribution in [0.5, 0.6) is 0 Å².